The Balaban J connectivity index is 1.36. The number of fused-ring (bicyclic) bond motifs is 1. The van der Waals surface area contributed by atoms with E-state index in [-0.39, 0.29) is 17.9 Å². The lowest BCUT2D eigenvalue weighted by molar-refractivity contribution is -0.121. The van der Waals surface area contributed by atoms with Crippen molar-refractivity contribution in [2.75, 3.05) is 26.2 Å². The van der Waals surface area contributed by atoms with Crippen LogP contribution in [-0.2, 0) is 11.3 Å². The number of aryl methyl sites for hydroxylation is 2. The van der Waals surface area contributed by atoms with E-state index in [2.05, 4.69) is 22.1 Å². The van der Waals surface area contributed by atoms with E-state index in [9.17, 15) is 9.59 Å². The van der Waals surface area contributed by atoms with Crippen molar-refractivity contribution in [3.05, 3.63) is 51.9 Å². The van der Waals surface area contributed by atoms with Crippen molar-refractivity contribution in [2.45, 2.75) is 46.1 Å². The number of thiophene rings is 1. The van der Waals surface area contributed by atoms with Crippen LogP contribution in [0.5, 0.6) is 0 Å². The number of piperidine rings is 1. The maximum Gasteiger partial charge on any atom is 0.262 e. The molecule has 1 N–H and O–H groups in total. The van der Waals surface area contributed by atoms with E-state index >= 15 is 0 Å². The second-order valence-corrected chi connectivity index (χ2v) is 9.82. The van der Waals surface area contributed by atoms with E-state index in [0.717, 1.165) is 22.5 Å². The number of rotatable bonds is 8. The molecule has 4 rings (SSSR count). The zero-order valence-corrected chi connectivity index (χ0v) is 19.8. The van der Waals surface area contributed by atoms with Crippen LogP contribution >= 0.6 is 11.3 Å². The summed E-state index contributed by atoms with van der Waals surface area (Å²) in [6.07, 6.45) is 5.73. The zero-order chi connectivity index (χ0) is 22.5. The van der Waals surface area contributed by atoms with Crippen LogP contribution in [0.15, 0.2) is 40.8 Å². The number of nitrogens with one attached hydrogen (secondary N) is 1. The second kappa shape index (κ2) is 10.4. The molecular weight excluding hydrogens is 420 g/mol. The first-order valence-corrected chi connectivity index (χ1v) is 12.4. The summed E-state index contributed by atoms with van der Waals surface area (Å²) in [4.78, 5) is 33.2. The van der Waals surface area contributed by atoms with Crippen molar-refractivity contribution < 1.29 is 4.79 Å². The summed E-state index contributed by atoms with van der Waals surface area (Å²) < 4.78 is 1.56. The highest BCUT2D eigenvalue weighted by Gasteiger charge is 2.16. The van der Waals surface area contributed by atoms with Gasteiger partial charge < -0.3 is 10.2 Å². The molecule has 32 heavy (non-hydrogen) atoms. The molecule has 0 spiro atoms. The number of amides is 1. The maximum atomic E-state index is 13.1. The summed E-state index contributed by atoms with van der Waals surface area (Å²) in [6, 6.07) is 8.16. The summed E-state index contributed by atoms with van der Waals surface area (Å²) in [5, 5.41) is 5.66. The number of aromatic nitrogens is 2. The lowest BCUT2D eigenvalue weighted by atomic mass is 10.1. The monoisotopic (exact) mass is 452 g/mol. The Morgan fingerprint density at radius 3 is 2.69 bits per heavy atom. The van der Waals surface area contributed by atoms with Gasteiger partial charge in [-0.15, -0.1) is 11.3 Å². The first kappa shape index (κ1) is 22.7. The Kier molecular flexibility index (Phi) is 7.37. The standard InChI is InChI=1S/C25H32N4O2S/c1-18-6-8-20(9-7-18)21-16-32-24-23(21)25(31)29(17-27-24)13-10-22(30)26-14-19(2)15-28-11-4-3-5-12-28/h6-9,16-17,19H,3-5,10-15H2,1-2H3,(H,26,30). The highest BCUT2D eigenvalue weighted by atomic mass is 32.1. The van der Waals surface area contributed by atoms with Crippen LogP contribution in [0.2, 0.25) is 0 Å². The van der Waals surface area contributed by atoms with Gasteiger partial charge in [-0.3, -0.25) is 14.2 Å². The predicted molar refractivity (Wildman–Crippen MR) is 131 cm³/mol. The molecule has 0 aliphatic carbocycles. The number of benzene rings is 1. The molecule has 6 nitrogen and oxygen atoms in total. The first-order valence-electron chi connectivity index (χ1n) is 11.5. The van der Waals surface area contributed by atoms with Gasteiger partial charge in [0.2, 0.25) is 5.91 Å². The van der Waals surface area contributed by atoms with Crippen LogP contribution in [-0.4, -0.2) is 46.5 Å². The third-order valence-corrected chi connectivity index (χ3v) is 7.06. The van der Waals surface area contributed by atoms with Gasteiger partial charge in [0, 0.05) is 37.0 Å². The molecule has 170 valence electrons. The Bertz CT molecular complexity index is 1110. The molecule has 1 fully saturated rings. The quantitative estimate of drug-likeness (QED) is 0.560. The Morgan fingerprint density at radius 1 is 1.19 bits per heavy atom. The van der Waals surface area contributed by atoms with Gasteiger partial charge in [0.1, 0.15) is 4.83 Å². The SMILES string of the molecule is Cc1ccc(-c2csc3ncn(CCC(=O)NCC(C)CN4CCCCC4)c(=O)c23)cc1. The minimum absolute atomic E-state index is 0.0217. The predicted octanol–water partition coefficient (Wildman–Crippen LogP) is 4.06. The fraction of sp³-hybridized carbons (Fsp3) is 0.480. The molecule has 1 aliphatic rings. The van der Waals surface area contributed by atoms with Gasteiger partial charge in [0.15, 0.2) is 0 Å². The molecule has 1 atom stereocenters. The van der Waals surface area contributed by atoms with E-state index < -0.39 is 0 Å². The van der Waals surface area contributed by atoms with Crippen LogP contribution in [0, 0.1) is 12.8 Å². The van der Waals surface area contributed by atoms with E-state index in [0.29, 0.717) is 24.4 Å². The molecule has 1 unspecified atom stereocenters. The van der Waals surface area contributed by atoms with Crippen LogP contribution in [0.1, 0.15) is 38.2 Å². The van der Waals surface area contributed by atoms with E-state index in [1.165, 1.54) is 49.3 Å². The number of likely N-dealkylation sites (tertiary alicyclic amines) is 1. The molecule has 0 radical (unpaired) electrons. The number of hydrogen-bond acceptors (Lipinski definition) is 5. The van der Waals surface area contributed by atoms with Crippen molar-refractivity contribution in [1.29, 1.82) is 0 Å². The van der Waals surface area contributed by atoms with Crippen molar-refractivity contribution >= 4 is 27.5 Å². The van der Waals surface area contributed by atoms with Gasteiger partial charge in [-0.2, -0.15) is 0 Å². The van der Waals surface area contributed by atoms with E-state index in [1.807, 2.05) is 36.6 Å². The summed E-state index contributed by atoms with van der Waals surface area (Å²) in [5.41, 5.74) is 3.02. The summed E-state index contributed by atoms with van der Waals surface area (Å²) in [6.45, 7) is 8.60. The van der Waals surface area contributed by atoms with Gasteiger partial charge in [-0.1, -0.05) is 43.2 Å². The summed E-state index contributed by atoms with van der Waals surface area (Å²) >= 11 is 1.48. The van der Waals surface area contributed by atoms with Gasteiger partial charge in [-0.25, -0.2) is 4.98 Å². The highest BCUT2D eigenvalue weighted by Crippen LogP contribution is 2.30. The molecule has 2 aromatic heterocycles. The maximum absolute atomic E-state index is 13.1. The van der Waals surface area contributed by atoms with Crippen LogP contribution in [0.25, 0.3) is 21.3 Å². The Hall–Kier alpha value is -2.51. The largest absolute Gasteiger partial charge is 0.356 e. The number of nitrogens with zero attached hydrogens (tertiary/aromatic N) is 3. The zero-order valence-electron chi connectivity index (χ0n) is 19.0. The third kappa shape index (κ3) is 5.45. The van der Waals surface area contributed by atoms with Crippen molar-refractivity contribution in [1.82, 2.24) is 19.8 Å². The highest BCUT2D eigenvalue weighted by molar-refractivity contribution is 7.17. The summed E-state index contributed by atoms with van der Waals surface area (Å²) in [5.74, 6) is 0.396. The van der Waals surface area contributed by atoms with Gasteiger partial charge in [-0.05, 0) is 44.3 Å². The average Bonchev–Trinajstić information content (AvgIpc) is 3.23. The Morgan fingerprint density at radius 2 is 1.94 bits per heavy atom. The molecule has 1 aromatic carbocycles. The van der Waals surface area contributed by atoms with Crippen molar-refractivity contribution in [3.8, 4) is 11.1 Å². The molecule has 1 saturated heterocycles. The fourth-order valence-electron chi connectivity index (χ4n) is 4.32. The summed E-state index contributed by atoms with van der Waals surface area (Å²) in [7, 11) is 0. The van der Waals surface area contributed by atoms with Crippen LogP contribution in [0.4, 0.5) is 0 Å². The van der Waals surface area contributed by atoms with Gasteiger partial charge in [0.25, 0.3) is 5.56 Å². The number of carbonyl (C=O) groups excluding carboxylic acids is 1. The van der Waals surface area contributed by atoms with Crippen LogP contribution < -0.4 is 10.9 Å². The van der Waals surface area contributed by atoms with Gasteiger partial charge in [0.05, 0.1) is 11.7 Å². The number of carbonyl (C=O) groups is 1. The molecule has 7 heteroatoms. The van der Waals surface area contributed by atoms with Crippen molar-refractivity contribution in [3.63, 3.8) is 0 Å². The van der Waals surface area contributed by atoms with E-state index in [1.54, 1.807) is 10.9 Å². The molecular formula is C25H32N4O2S. The molecule has 3 heterocycles. The first-order chi connectivity index (χ1) is 15.5. The topological polar surface area (TPSA) is 67.2 Å². The van der Waals surface area contributed by atoms with Crippen molar-refractivity contribution in [2.24, 2.45) is 5.92 Å². The molecule has 0 saturated carbocycles. The molecule has 1 aliphatic heterocycles. The minimum atomic E-state index is -0.0851. The minimum Gasteiger partial charge on any atom is -0.356 e. The number of hydrogen-bond donors (Lipinski definition) is 1. The lowest BCUT2D eigenvalue weighted by Crippen LogP contribution is -2.38. The third-order valence-electron chi connectivity index (χ3n) is 6.17. The Labute approximate surface area is 193 Å². The normalized spacial score (nSPS) is 15.7. The second-order valence-electron chi connectivity index (χ2n) is 8.96. The average molecular weight is 453 g/mol. The smallest absolute Gasteiger partial charge is 0.262 e. The lowest BCUT2D eigenvalue weighted by Gasteiger charge is -2.29. The fourth-order valence-corrected chi connectivity index (χ4v) is 5.22. The molecule has 3 aromatic rings. The van der Waals surface area contributed by atoms with E-state index in [4.69, 9.17) is 0 Å². The van der Waals surface area contributed by atoms with Crippen LogP contribution in [0.3, 0.4) is 0 Å². The van der Waals surface area contributed by atoms with Gasteiger partial charge >= 0.3 is 0 Å². The molecule has 0 bridgehead atoms. The molecule has 1 amide bonds.